The third-order valence-corrected chi connectivity index (χ3v) is 8.35. The Bertz CT molecular complexity index is 1650. The van der Waals surface area contributed by atoms with Gasteiger partial charge in [-0.2, -0.15) is 13.2 Å². The van der Waals surface area contributed by atoms with Crippen LogP contribution in [0.5, 0.6) is 0 Å². The van der Waals surface area contributed by atoms with Crippen LogP contribution in [0.15, 0.2) is 85.1 Å². The van der Waals surface area contributed by atoms with Crippen molar-refractivity contribution in [2.24, 2.45) is 7.05 Å². The van der Waals surface area contributed by atoms with Gasteiger partial charge in [-0.15, -0.1) is 0 Å². The van der Waals surface area contributed by atoms with Gasteiger partial charge in [0.05, 0.1) is 31.0 Å². The Kier molecular flexibility index (Phi) is 8.39. The number of carbonyl (C=O) groups excluding carboxylic acids is 2. The first kappa shape index (κ1) is 30.4. The molecule has 6 rings (SSSR count). The van der Waals surface area contributed by atoms with Gasteiger partial charge in [-0.1, -0.05) is 42.5 Å². The second-order valence-electron chi connectivity index (χ2n) is 11.3. The zero-order chi connectivity index (χ0) is 31.6. The molecule has 0 saturated carbocycles. The minimum Gasteiger partial charge on any atom is -0.371 e. The van der Waals surface area contributed by atoms with E-state index >= 15 is 0 Å². The van der Waals surface area contributed by atoms with Gasteiger partial charge in [-0.05, 0) is 47.0 Å². The fraction of sp³-hybridized carbons (Fsp3) is 0.294. The summed E-state index contributed by atoms with van der Waals surface area (Å²) in [5.74, 6) is -0.270. The maximum absolute atomic E-state index is 13.3. The summed E-state index contributed by atoms with van der Waals surface area (Å²) in [4.78, 5) is 29.3. The second kappa shape index (κ2) is 12.4. The molecule has 0 bridgehead atoms. The summed E-state index contributed by atoms with van der Waals surface area (Å²) in [6.45, 7) is 3.31. The maximum atomic E-state index is 13.3. The summed E-state index contributed by atoms with van der Waals surface area (Å²) in [5, 5.41) is 2.86. The molecule has 2 aliphatic rings. The van der Waals surface area contributed by atoms with Crippen molar-refractivity contribution < 1.29 is 32.2 Å². The molecule has 2 amide bonds. The molecule has 1 N–H and O–H groups in total. The normalized spacial score (nSPS) is 16.1. The highest BCUT2D eigenvalue weighted by Gasteiger charge is 2.39. The number of piperidine rings is 1. The lowest BCUT2D eigenvalue weighted by molar-refractivity contribution is -0.169. The standard InChI is InChI=1S/C34H33F3N4O4/c1-39-22-27(38-32(43)30-5-3-2-4-29(30)25-8-10-26(11-9-25)34(35,36)37)20-31(39)41(23-42)21-24-6-12-28(13-7-24)40-16-14-33(15-17-40)44-18-19-45-33/h2-13,20,22-23H,14-19,21H2,1H3,(H,38,43). The lowest BCUT2D eigenvalue weighted by atomic mass is 9.98. The highest BCUT2D eigenvalue weighted by atomic mass is 19.4. The van der Waals surface area contributed by atoms with Gasteiger partial charge in [0, 0.05) is 56.5 Å². The van der Waals surface area contributed by atoms with E-state index in [2.05, 4.69) is 22.3 Å². The average molecular weight is 619 g/mol. The second-order valence-corrected chi connectivity index (χ2v) is 11.3. The summed E-state index contributed by atoms with van der Waals surface area (Å²) in [7, 11) is 1.78. The van der Waals surface area contributed by atoms with E-state index in [0.29, 0.717) is 48.0 Å². The van der Waals surface area contributed by atoms with Gasteiger partial charge in [-0.3, -0.25) is 14.5 Å². The summed E-state index contributed by atoms with van der Waals surface area (Å²) in [5.41, 5.74) is 3.06. The Morgan fingerprint density at radius 2 is 1.64 bits per heavy atom. The van der Waals surface area contributed by atoms with Crippen LogP contribution in [0, 0.1) is 0 Å². The Labute approximate surface area is 259 Å². The average Bonchev–Trinajstić information content (AvgIpc) is 3.66. The molecule has 45 heavy (non-hydrogen) atoms. The lowest BCUT2D eigenvalue weighted by Crippen LogP contribution is -2.45. The molecule has 0 atom stereocenters. The number of anilines is 3. The molecule has 1 spiro atoms. The largest absolute Gasteiger partial charge is 0.416 e. The summed E-state index contributed by atoms with van der Waals surface area (Å²) >= 11 is 0. The number of hydrogen-bond donors (Lipinski definition) is 1. The molecular weight excluding hydrogens is 585 g/mol. The van der Waals surface area contributed by atoms with Crippen molar-refractivity contribution in [3.63, 3.8) is 0 Å². The zero-order valence-corrected chi connectivity index (χ0v) is 24.7. The van der Waals surface area contributed by atoms with Crippen LogP contribution in [0.1, 0.15) is 34.3 Å². The highest BCUT2D eigenvalue weighted by Crippen LogP contribution is 2.34. The first-order chi connectivity index (χ1) is 21.6. The zero-order valence-electron chi connectivity index (χ0n) is 24.7. The number of nitrogens with zero attached hydrogens (tertiary/aromatic N) is 3. The number of carbonyl (C=O) groups is 2. The number of halogens is 3. The number of amides is 2. The fourth-order valence-corrected chi connectivity index (χ4v) is 5.95. The monoisotopic (exact) mass is 618 g/mol. The number of benzene rings is 3. The molecule has 0 aliphatic carbocycles. The fourth-order valence-electron chi connectivity index (χ4n) is 5.95. The number of ether oxygens (including phenoxy) is 2. The van der Waals surface area contributed by atoms with Crippen molar-refractivity contribution in [3.8, 4) is 11.1 Å². The number of aromatic nitrogens is 1. The van der Waals surface area contributed by atoms with Gasteiger partial charge in [-0.25, -0.2) is 0 Å². The van der Waals surface area contributed by atoms with E-state index in [-0.39, 0.29) is 0 Å². The van der Waals surface area contributed by atoms with Gasteiger partial charge >= 0.3 is 6.18 Å². The van der Waals surface area contributed by atoms with Crippen molar-refractivity contribution in [1.82, 2.24) is 4.57 Å². The Balaban J connectivity index is 1.12. The number of aryl methyl sites for hydroxylation is 1. The SMILES string of the molecule is Cn1cc(NC(=O)c2ccccc2-c2ccc(C(F)(F)F)cc2)cc1N(C=O)Cc1ccc(N2CCC3(CC2)OCCO3)cc1. The van der Waals surface area contributed by atoms with E-state index in [1.54, 1.807) is 53.0 Å². The number of nitrogens with one attached hydrogen (secondary N) is 1. The third kappa shape index (κ3) is 6.59. The van der Waals surface area contributed by atoms with Gasteiger partial charge in [0.15, 0.2) is 5.79 Å². The first-order valence-electron chi connectivity index (χ1n) is 14.7. The topological polar surface area (TPSA) is 76.0 Å². The van der Waals surface area contributed by atoms with Crippen molar-refractivity contribution in [3.05, 3.63) is 102 Å². The Morgan fingerprint density at radius 1 is 0.978 bits per heavy atom. The molecule has 8 nitrogen and oxygen atoms in total. The number of rotatable bonds is 8. The molecule has 1 aromatic heterocycles. The quantitative estimate of drug-likeness (QED) is 0.229. The van der Waals surface area contributed by atoms with Crippen LogP contribution in [0.2, 0.25) is 0 Å². The smallest absolute Gasteiger partial charge is 0.371 e. The van der Waals surface area contributed by atoms with Crippen LogP contribution in [0.25, 0.3) is 11.1 Å². The summed E-state index contributed by atoms with van der Waals surface area (Å²) in [6, 6.07) is 21.2. The number of alkyl halides is 3. The van der Waals surface area contributed by atoms with Crippen LogP contribution < -0.4 is 15.1 Å². The van der Waals surface area contributed by atoms with E-state index in [9.17, 15) is 22.8 Å². The Morgan fingerprint density at radius 3 is 2.29 bits per heavy atom. The summed E-state index contributed by atoms with van der Waals surface area (Å²) in [6.07, 6.45) is -0.353. The number of hydrogen-bond acceptors (Lipinski definition) is 5. The minimum absolute atomic E-state index is 0.308. The van der Waals surface area contributed by atoms with Gasteiger partial charge in [0.2, 0.25) is 6.41 Å². The molecule has 3 heterocycles. The van der Waals surface area contributed by atoms with Crippen molar-refractivity contribution >= 4 is 29.5 Å². The molecule has 2 aliphatic heterocycles. The predicted molar refractivity (Wildman–Crippen MR) is 165 cm³/mol. The van der Waals surface area contributed by atoms with Gasteiger partial charge in [0.1, 0.15) is 5.82 Å². The lowest BCUT2D eigenvalue weighted by Gasteiger charge is -2.38. The van der Waals surface area contributed by atoms with Crippen LogP contribution >= 0.6 is 0 Å². The Hall–Kier alpha value is -4.61. The molecule has 0 unspecified atom stereocenters. The first-order valence-corrected chi connectivity index (χ1v) is 14.7. The van der Waals surface area contributed by atoms with E-state index in [4.69, 9.17) is 9.47 Å². The molecule has 2 fully saturated rings. The van der Waals surface area contributed by atoms with Crippen LogP contribution in [-0.2, 0) is 34.0 Å². The summed E-state index contributed by atoms with van der Waals surface area (Å²) < 4.78 is 52.5. The maximum Gasteiger partial charge on any atom is 0.416 e. The van der Waals surface area contributed by atoms with Crippen molar-refractivity contribution in [1.29, 1.82) is 0 Å². The van der Waals surface area contributed by atoms with E-state index < -0.39 is 23.4 Å². The third-order valence-electron chi connectivity index (χ3n) is 8.35. The predicted octanol–water partition coefficient (Wildman–Crippen LogP) is 6.47. The van der Waals surface area contributed by atoms with E-state index in [1.807, 2.05) is 12.1 Å². The van der Waals surface area contributed by atoms with Crippen LogP contribution in [0.3, 0.4) is 0 Å². The minimum atomic E-state index is -4.45. The molecular formula is C34H33F3N4O4. The van der Waals surface area contributed by atoms with Crippen molar-refractivity contribution in [2.45, 2.75) is 31.3 Å². The van der Waals surface area contributed by atoms with Crippen LogP contribution in [0.4, 0.5) is 30.4 Å². The molecule has 234 valence electrons. The molecule has 0 radical (unpaired) electrons. The van der Waals surface area contributed by atoms with Gasteiger partial charge in [0.25, 0.3) is 5.91 Å². The molecule has 2 saturated heterocycles. The van der Waals surface area contributed by atoms with Crippen LogP contribution in [-0.4, -0.2) is 49.0 Å². The van der Waals surface area contributed by atoms with Crippen molar-refractivity contribution in [2.75, 3.05) is 41.4 Å². The van der Waals surface area contributed by atoms with E-state index in [1.165, 1.54) is 12.1 Å². The molecule has 11 heteroatoms. The highest BCUT2D eigenvalue weighted by molar-refractivity contribution is 6.09. The molecule has 4 aromatic rings. The van der Waals surface area contributed by atoms with E-state index in [0.717, 1.165) is 55.7 Å². The molecule has 3 aromatic carbocycles. The van der Waals surface area contributed by atoms with Gasteiger partial charge < -0.3 is 24.3 Å².